The van der Waals surface area contributed by atoms with Crippen molar-refractivity contribution in [1.29, 1.82) is 0 Å². The van der Waals surface area contributed by atoms with Gasteiger partial charge in [0.05, 0.1) is 39.5 Å². The van der Waals surface area contributed by atoms with Crippen LogP contribution >= 0.6 is 0 Å². The van der Waals surface area contributed by atoms with Crippen molar-refractivity contribution < 1.29 is 57.1 Å². The minimum absolute atomic E-state index is 0.00309. The summed E-state index contributed by atoms with van der Waals surface area (Å²) in [4.78, 5) is 47.8. The lowest BCUT2D eigenvalue weighted by Crippen LogP contribution is -2.38. The second-order valence-electron chi connectivity index (χ2n) is 13.5. The van der Waals surface area contributed by atoms with Crippen molar-refractivity contribution >= 4 is 45.7 Å². The minimum Gasteiger partial charge on any atom is -0.490 e. The molecule has 14 nitrogen and oxygen atoms in total. The van der Waals surface area contributed by atoms with E-state index in [9.17, 15) is 19.2 Å². The van der Waals surface area contributed by atoms with E-state index in [1.165, 1.54) is 0 Å². The van der Waals surface area contributed by atoms with Crippen LogP contribution < -0.4 is 20.1 Å². The second-order valence-corrected chi connectivity index (χ2v) is 13.5. The van der Waals surface area contributed by atoms with E-state index in [2.05, 4.69) is 23.8 Å². The summed E-state index contributed by atoms with van der Waals surface area (Å²) in [6.07, 6.45) is -0.999. The van der Waals surface area contributed by atoms with Crippen LogP contribution in [-0.2, 0) is 38.0 Å². The summed E-state index contributed by atoms with van der Waals surface area (Å²) < 4.78 is 45.1. The fourth-order valence-corrected chi connectivity index (χ4v) is 5.21. The molecule has 0 fully saturated rings. The highest BCUT2D eigenvalue weighted by Gasteiger charge is 2.24. The smallest absolute Gasteiger partial charge is 0.407 e. The third-order valence-electron chi connectivity index (χ3n) is 8.02. The molecule has 0 saturated heterocycles. The molecule has 0 saturated carbocycles. The summed E-state index contributed by atoms with van der Waals surface area (Å²) in [6.45, 7) is 10.9. The lowest BCUT2D eigenvalue weighted by atomic mass is 9.96. The molecule has 4 aromatic carbocycles. The largest absolute Gasteiger partial charge is 0.490 e. The quantitative estimate of drug-likeness (QED) is 0.0360. The normalized spacial score (nSPS) is 12.1. The Balaban J connectivity index is 1.29. The van der Waals surface area contributed by atoms with Gasteiger partial charge < -0.3 is 48.5 Å². The van der Waals surface area contributed by atoms with Crippen LogP contribution in [0.5, 0.6) is 11.5 Å². The minimum atomic E-state index is -0.798. The molecule has 0 aliphatic rings. The van der Waals surface area contributed by atoms with Crippen LogP contribution in [0.15, 0.2) is 110 Å². The van der Waals surface area contributed by atoms with Gasteiger partial charge in [0.1, 0.15) is 37.9 Å². The molecule has 14 heteroatoms. The number of fused-ring (bicyclic) bond motifs is 2. The molecular formula is C43H50N2O12. The summed E-state index contributed by atoms with van der Waals surface area (Å²) in [5, 5.41) is 9.20. The molecule has 57 heavy (non-hydrogen) atoms. The number of carbonyl (C=O) groups is 4. The standard InChI is InChI=1S/C43H50N2O12/c1-5-39(46)52-21-19-44-41(48)56-37(27-54-35-17-15-31-11-7-9-13-33(31)23-35)25-50-29-43(3,4)30-51-26-38(57-42(49)45-20-22-53-40(47)6-2)28-55-36-18-16-32-12-8-10-14-34(32)24-36/h5-18,23-24,37-38H,1-2,19-22,25-30H2,3-4H3,(H,44,48)(H,45,49). The molecule has 0 spiro atoms. The number of esters is 2. The van der Waals surface area contributed by atoms with E-state index in [1.807, 2.05) is 98.8 Å². The number of hydrogen-bond acceptors (Lipinski definition) is 12. The maximum absolute atomic E-state index is 12.6. The van der Waals surface area contributed by atoms with Gasteiger partial charge in [0.2, 0.25) is 0 Å². The van der Waals surface area contributed by atoms with Crippen LogP contribution in [0.3, 0.4) is 0 Å². The monoisotopic (exact) mass is 786 g/mol. The molecule has 0 radical (unpaired) electrons. The third kappa shape index (κ3) is 16.3. The van der Waals surface area contributed by atoms with E-state index in [-0.39, 0.29) is 65.9 Å². The molecule has 2 unspecified atom stereocenters. The first-order valence-corrected chi connectivity index (χ1v) is 18.4. The molecule has 2 amide bonds. The Morgan fingerprint density at radius 2 is 1.00 bits per heavy atom. The van der Waals surface area contributed by atoms with Crippen LogP contribution in [0, 0.1) is 5.41 Å². The first-order chi connectivity index (χ1) is 27.5. The van der Waals surface area contributed by atoms with Crippen LogP contribution in [-0.4, -0.2) is 102 Å². The second kappa shape index (κ2) is 23.1. The van der Waals surface area contributed by atoms with E-state index in [0.717, 1.165) is 33.7 Å². The van der Waals surface area contributed by atoms with Gasteiger partial charge in [-0.05, 0) is 45.8 Å². The van der Waals surface area contributed by atoms with Crippen LogP contribution in [0.2, 0.25) is 0 Å². The molecule has 2 N–H and O–H groups in total. The fraction of sp³-hybridized carbons (Fsp3) is 0.349. The Bertz CT molecular complexity index is 1810. The predicted molar refractivity (Wildman–Crippen MR) is 213 cm³/mol. The zero-order valence-corrected chi connectivity index (χ0v) is 32.3. The van der Waals surface area contributed by atoms with Crippen molar-refractivity contribution in [3.05, 3.63) is 110 Å². The van der Waals surface area contributed by atoms with E-state index < -0.39 is 41.7 Å². The highest BCUT2D eigenvalue weighted by Crippen LogP contribution is 2.23. The summed E-state index contributed by atoms with van der Waals surface area (Å²) in [5.74, 6) is -0.0104. The summed E-state index contributed by atoms with van der Waals surface area (Å²) in [5.41, 5.74) is -0.526. The number of nitrogens with one attached hydrogen (secondary N) is 2. The molecule has 4 aromatic rings. The van der Waals surface area contributed by atoms with Crippen molar-refractivity contribution in [2.24, 2.45) is 5.41 Å². The Morgan fingerprint density at radius 1 is 0.596 bits per heavy atom. The highest BCUT2D eigenvalue weighted by molar-refractivity contribution is 5.84. The van der Waals surface area contributed by atoms with Crippen LogP contribution in [0.1, 0.15) is 13.8 Å². The molecule has 0 aliphatic heterocycles. The average molecular weight is 787 g/mol. The van der Waals surface area contributed by atoms with Gasteiger partial charge in [-0.15, -0.1) is 0 Å². The zero-order chi connectivity index (χ0) is 40.9. The SMILES string of the molecule is C=CC(=O)OCCNC(=O)OC(COCC(C)(C)COCC(COc1ccc2ccccc2c1)OC(=O)NCCOC(=O)C=C)COc1ccc2ccccc2c1. The lowest BCUT2D eigenvalue weighted by molar-refractivity contribution is -0.138. The molecule has 4 rings (SSSR count). The lowest BCUT2D eigenvalue weighted by Gasteiger charge is -2.27. The first kappa shape index (κ1) is 43.6. The number of benzene rings is 4. The Morgan fingerprint density at radius 3 is 1.40 bits per heavy atom. The van der Waals surface area contributed by atoms with Crippen LogP contribution in [0.25, 0.3) is 21.5 Å². The number of amides is 2. The maximum atomic E-state index is 12.6. The number of alkyl carbamates (subject to hydrolysis) is 2. The fourth-order valence-electron chi connectivity index (χ4n) is 5.21. The van der Waals surface area contributed by atoms with Crippen LogP contribution in [0.4, 0.5) is 9.59 Å². The molecule has 0 bridgehead atoms. The van der Waals surface area contributed by atoms with E-state index in [1.54, 1.807) is 0 Å². The van der Waals surface area contributed by atoms with Crippen molar-refractivity contribution in [2.75, 3.05) is 65.9 Å². The summed E-state index contributed by atoms with van der Waals surface area (Å²) >= 11 is 0. The van der Waals surface area contributed by atoms with Gasteiger partial charge in [0.15, 0.2) is 12.2 Å². The van der Waals surface area contributed by atoms with Crippen molar-refractivity contribution in [2.45, 2.75) is 26.1 Å². The number of hydrogen-bond donors (Lipinski definition) is 2. The van der Waals surface area contributed by atoms with Gasteiger partial charge in [0, 0.05) is 17.6 Å². The molecular weight excluding hydrogens is 736 g/mol. The van der Waals surface area contributed by atoms with Gasteiger partial charge in [-0.2, -0.15) is 0 Å². The van der Waals surface area contributed by atoms with Gasteiger partial charge in [-0.25, -0.2) is 19.2 Å². The average Bonchev–Trinajstić information content (AvgIpc) is 3.21. The molecule has 0 aromatic heterocycles. The van der Waals surface area contributed by atoms with E-state index in [0.29, 0.717) is 11.5 Å². The number of rotatable bonds is 24. The number of ether oxygens (including phenoxy) is 8. The van der Waals surface area contributed by atoms with Crippen molar-refractivity contribution in [3.8, 4) is 11.5 Å². The molecule has 0 aliphatic carbocycles. The van der Waals surface area contributed by atoms with E-state index in [4.69, 9.17) is 37.9 Å². The topological polar surface area (TPSA) is 166 Å². The number of carbonyl (C=O) groups excluding carboxylic acids is 4. The first-order valence-electron chi connectivity index (χ1n) is 18.4. The third-order valence-corrected chi connectivity index (χ3v) is 8.02. The Kier molecular flexibility index (Phi) is 17.6. The van der Waals surface area contributed by atoms with Crippen molar-refractivity contribution in [3.63, 3.8) is 0 Å². The van der Waals surface area contributed by atoms with Gasteiger partial charge in [0.25, 0.3) is 0 Å². The maximum Gasteiger partial charge on any atom is 0.407 e. The molecule has 304 valence electrons. The summed E-state index contributed by atoms with van der Waals surface area (Å²) in [7, 11) is 0. The van der Waals surface area contributed by atoms with Gasteiger partial charge >= 0.3 is 24.1 Å². The molecule has 2 atom stereocenters. The van der Waals surface area contributed by atoms with Gasteiger partial charge in [-0.3, -0.25) is 0 Å². The Hall–Kier alpha value is -6.12. The highest BCUT2D eigenvalue weighted by atomic mass is 16.6. The van der Waals surface area contributed by atoms with Gasteiger partial charge in [-0.1, -0.05) is 87.7 Å². The zero-order valence-electron chi connectivity index (χ0n) is 32.3. The predicted octanol–water partition coefficient (Wildman–Crippen LogP) is 6.16. The van der Waals surface area contributed by atoms with Crippen molar-refractivity contribution in [1.82, 2.24) is 10.6 Å². The molecule has 0 heterocycles. The summed E-state index contributed by atoms with van der Waals surface area (Å²) in [6, 6.07) is 27.1. The van der Waals surface area contributed by atoms with E-state index >= 15 is 0 Å². The Labute approximate surface area is 332 Å².